The Morgan fingerprint density at radius 1 is 0.909 bits per heavy atom. The van der Waals surface area contributed by atoms with Crippen LogP contribution in [0.5, 0.6) is 0 Å². The van der Waals surface area contributed by atoms with Crippen molar-refractivity contribution in [2.75, 3.05) is 4.90 Å². The molecule has 1 aliphatic rings. The molecule has 33 heavy (non-hydrogen) atoms. The topological polar surface area (TPSA) is 66.5 Å². The third-order valence-corrected chi connectivity index (χ3v) is 5.93. The number of imide groups is 2. The Bertz CT molecular complexity index is 1340. The van der Waals surface area contributed by atoms with E-state index in [2.05, 4.69) is 5.32 Å². The van der Waals surface area contributed by atoms with Gasteiger partial charge in [0, 0.05) is 5.02 Å². The van der Waals surface area contributed by atoms with Crippen LogP contribution in [0.15, 0.2) is 66.2 Å². The van der Waals surface area contributed by atoms with E-state index in [1.807, 2.05) is 0 Å². The fourth-order valence-electron chi connectivity index (χ4n) is 3.40. The maximum absolute atomic E-state index is 13.6. The van der Waals surface area contributed by atoms with E-state index in [-0.39, 0.29) is 27.1 Å². The van der Waals surface area contributed by atoms with Crippen LogP contribution in [-0.4, -0.2) is 17.8 Å². The molecular formula is C24H14Cl3FN2O3. The summed E-state index contributed by atoms with van der Waals surface area (Å²) < 4.78 is 13.6. The highest BCUT2D eigenvalue weighted by atomic mass is 35.5. The molecule has 4 amide bonds. The lowest BCUT2D eigenvalue weighted by atomic mass is 9.97. The van der Waals surface area contributed by atoms with Crippen molar-refractivity contribution < 1.29 is 18.8 Å². The van der Waals surface area contributed by atoms with Crippen molar-refractivity contribution in [3.05, 3.63) is 104 Å². The molecule has 1 heterocycles. The van der Waals surface area contributed by atoms with Gasteiger partial charge < -0.3 is 0 Å². The van der Waals surface area contributed by atoms with E-state index in [9.17, 15) is 18.8 Å². The molecule has 3 aromatic rings. The van der Waals surface area contributed by atoms with Crippen molar-refractivity contribution in [2.45, 2.75) is 6.42 Å². The van der Waals surface area contributed by atoms with Gasteiger partial charge in [0.2, 0.25) is 0 Å². The molecule has 0 radical (unpaired) electrons. The summed E-state index contributed by atoms with van der Waals surface area (Å²) in [5.74, 6) is -2.06. The van der Waals surface area contributed by atoms with Crippen molar-refractivity contribution in [1.82, 2.24) is 5.32 Å². The third-order valence-electron chi connectivity index (χ3n) is 4.95. The maximum Gasteiger partial charge on any atom is 0.335 e. The number of barbiturate groups is 1. The Morgan fingerprint density at radius 3 is 2.42 bits per heavy atom. The molecule has 0 unspecified atom stereocenters. The number of amides is 4. The van der Waals surface area contributed by atoms with Crippen LogP contribution in [0.1, 0.15) is 16.7 Å². The summed E-state index contributed by atoms with van der Waals surface area (Å²) in [4.78, 5) is 38.9. The molecule has 0 aliphatic carbocycles. The van der Waals surface area contributed by atoms with Crippen molar-refractivity contribution in [3.63, 3.8) is 0 Å². The summed E-state index contributed by atoms with van der Waals surface area (Å²) in [6.07, 6.45) is 1.69. The van der Waals surface area contributed by atoms with Crippen LogP contribution in [0.2, 0.25) is 15.1 Å². The van der Waals surface area contributed by atoms with Gasteiger partial charge >= 0.3 is 6.03 Å². The van der Waals surface area contributed by atoms with Gasteiger partial charge in [-0.05, 0) is 71.7 Å². The number of carbonyl (C=O) groups excluding carboxylic acids is 3. The van der Waals surface area contributed by atoms with Crippen LogP contribution < -0.4 is 10.2 Å². The number of carbonyl (C=O) groups is 3. The fraction of sp³-hybridized carbons (Fsp3) is 0.0417. The van der Waals surface area contributed by atoms with Gasteiger partial charge in [0.1, 0.15) is 11.4 Å². The van der Waals surface area contributed by atoms with Crippen LogP contribution >= 0.6 is 34.8 Å². The minimum absolute atomic E-state index is 0.143. The minimum atomic E-state index is -0.911. The fourth-order valence-corrected chi connectivity index (χ4v) is 3.87. The van der Waals surface area contributed by atoms with Gasteiger partial charge in [0.05, 0.1) is 15.7 Å². The smallest absolute Gasteiger partial charge is 0.273 e. The molecule has 0 aromatic heterocycles. The molecular weight excluding hydrogens is 490 g/mol. The lowest BCUT2D eigenvalue weighted by molar-refractivity contribution is -0.122. The number of anilines is 1. The number of nitrogens with zero attached hydrogens (tertiary/aromatic N) is 1. The Hall–Kier alpha value is -3.19. The second-order valence-electron chi connectivity index (χ2n) is 7.21. The summed E-state index contributed by atoms with van der Waals surface area (Å²) in [7, 11) is 0. The number of urea groups is 1. The predicted molar refractivity (Wildman–Crippen MR) is 126 cm³/mol. The lowest BCUT2D eigenvalue weighted by Gasteiger charge is -2.26. The molecule has 1 fully saturated rings. The Balaban J connectivity index is 1.75. The lowest BCUT2D eigenvalue weighted by Crippen LogP contribution is -2.54. The van der Waals surface area contributed by atoms with Gasteiger partial charge in [-0.2, -0.15) is 0 Å². The van der Waals surface area contributed by atoms with Crippen LogP contribution in [0.25, 0.3) is 6.08 Å². The Kier molecular flexibility index (Phi) is 6.51. The van der Waals surface area contributed by atoms with Crippen LogP contribution in [0, 0.1) is 5.82 Å². The molecule has 0 saturated carbocycles. The van der Waals surface area contributed by atoms with E-state index < -0.39 is 17.8 Å². The quantitative estimate of drug-likeness (QED) is 0.348. The summed E-state index contributed by atoms with van der Waals surface area (Å²) >= 11 is 18.1. The number of hydrogen-bond acceptors (Lipinski definition) is 3. The van der Waals surface area contributed by atoms with Gasteiger partial charge in [-0.25, -0.2) is 14.1 Å². The highest BCUT2D eigenvalue weighted by Gasteiger charge is 2.37. The monoisotopic (exact) mass is 502 g/mol. The molecule has 166 valence electrons. The molecule has 1 N–H and O–H groups in total. The summed E-state index contributed by atoms with van der Waals surface area (Å²) in [5, 5.41) is 2.93. The highest BCUT2D eigenvalue weighted by Crippen LogP contribution is 2.30. The summed E-state index contributed by atoms with van der Waals surface area (Å²) in [6, 6.07) is 14.4. The summed E-state index contributed by atoms with van der Waals surface area (Å²) in [6.45, 7) is 0. The molecule has 0 bridgehead atoms. The average molecular weight is 504 g/mol. The molecule has 1 aliphatic heterocycles. The van der Waals surface area contributed by atoms with E-state index in [0.717, 1.165) is 4.90 Å². The normalized spacial score (nSPS) is 15.2. The highest BCUT2D eigenvalue weighted by molar-refractivity contribution is 6.43. The maximum atomic E-state index is 13.6. The van der Waals surface area contributed by atoms with Crippen LogP contribution in [0.4, 0.5) is 14.9 Å². The summed E-state index contributed by atoms with van der Waals surface area (Å²) in [5.41, 5.74) is 1.76. The van der Waals surface area contributed by atoms with E-state index >= 15 is 0 Å². The van der Waals surface area contributed by atoms with Crippen molar-refractivity contribution in [3.8, 4) is 0 Å². The van der Waals surface area contributed by atoms with Gasteiger partial charge in [0.15, 0.2) is 0 Å². The first kappa shape index (κ1) is 23.0. The predicted octanol–water partition coefficient (Wildman–Crippen LogP) is 6.04. The zero-order chi connectivity index (χ0) is 23.7. The number of benzene rings is 3. The van der Waals surface area contributed by atoms with Gasteiger partial charge in [-0.15, -0.1) is 0 Å². The second kappa shape index (κ2) is 9.35. The van der Waals surface area contributed by atoms with E-state index in [4.69, 9.17) is 34.8 Å². The zero-order valence-corrected chi connectivity index (χ0v) is 19.0. The first-order valence-corrected chi connectivity index (χ1v) is 10.8. The number of halogens is 4. The molecule has 5 nitrogen and oxygen atoms in total. The number of hydrogen-bond donors (Lipinski definition) is 1. The number of nitrogens with one attached hydrogen (secondary N) is 1. The first-order chi connectivity index (χ1) is 15.7. The van der Waals surface area contributed by atoms with Crippen molar-refractivity contribution in [1.29, 1.82) is 0 Å². The molecule has 0 atom stereocenters. The molecule has 1 saturated heterocycles. The van der Waals surface area contributed by atoms with Crippen LogP contribution in [0.3, 0.4) is 0 Å². The minimum Gasteiger partial charge on any atom is -0.273 e. The average Bonchev–Trinajstić information content (AvgIpc) is 2.75. The van der Waals surface area contributed by atoms with Gasteiger partial charge in [-0.3, -0.25) is 14.9 Å². The zero-order valence-electron chi connectivity index (χ0n) is 16.7. The van der Waals surface area contributed by atoms with Crippen LogP contribution in [-0.2, 0) is 16.0 Å². The molecule has 3 aromatic carbocycles. The SMILES string of the molecule is O=C1NC(=O)N(c2ccc(Cl)c(Cl)c2)C(=O)/C1=C/c1cc(Cl)ccc1Cc1cccc(F)c1. The van der Waals surface area contributed by atoms with E-state index in [0.29, 0.717) is 28.1 Å². The van der Waals surface area contributed by atoms with Gasteiger partial charge in [0.25, 0.3) is 11.8 Å². The molecule has 9 heteroatoms. The molecule has 4 rings (SSSR count). The van der Waals surface area contributed by atoms with E-state index in [1.165, 1.54) is 36.4 Å². The van der Waals surface area contributed by atoms with Crippen molar-refractivity contribution in [2.24, 2.45) is 0 Å². The van der Waals surface area contributed by atoms with Gasteiger partial charge in [-0.1, -0.05) is 53.0 Å². The molecule has 0 spiro atoms. The second-order valence-corrected chi connectivity index (χ2v) is 8.46. The van der Waals surface area contributed by atoms with E-state index in [1.54, 1.807) is 30.3 Å². The van der Waals surface area contributed by atoms with Crippen molar-refractivity contribution >= 4 is 64.4 Å². The largest absolute Gasteiger partial charge is 0.335 e. The first-order valence-electron chi connectivity index (χ1n) is 9.62. The Morgan fingerprint density at radius 2 is 1.70 bits per heavy atom. The standard InChI is InChI=1S/C24H14Cl3FN2O3/c25-16-5-4-14(8-13-2-1-3-17(28)9-13)15(10-16)11-19-22(31)29-24(33)30(23(19)32)18-6-7-20(26)21(27)12-18/h1-7,9-12H,8H2,(H,29,31,33)/b19-11+. The number of rotatable bonds is 4. The Labute approximate surface area is 203 Å². The third kappa shape index (κ3) is 4.93.